The van der Waals surface area contributed by atoms with Crippen LogP contribution in [0.1, 0.15) is 0 Å². The van der Waals surface area contributed by atoms with E-state index in [1.807, 2.05) is 6.07 Å². The maximum Gasteiger partial charge on any atom is 0.179 e. The van der Waals surface area contributed by atoms with Gasteiger partial charge in [-0.3, -0.25) is 0 Å². The van der Waals surface area contributed by atoms with Gasteiger partial charge in [-0.2, -0.15) is 0 Å². The Balaban J connectivity index is 2.56. The molecule has 0 aliphatic carbocycles. The van der Waals surface area contributed by atoms with Gasteiger partial charge in [0.05, 0.1) is 5.69 Å². The number of hydrogen-bond donors (Lipinski definition) is 1. The van der Waals surface area contributed by atoms with Crippen molar-refractivity contribution in [3.8, 4) is 11.5 Å². The Morgan fingerprint density at radius 3 is 2.37 bits per heavy atom. The maximum absolute atomic E-state index is 11.8. The summed E-state index contributed by atoms with van der Waals surface area (Å²) in [6.45, 7) is 0. The molecule has 0 aromatic heterocycles. The first kappa shape index (κ1) is 13.9. The van der Waals surface area contributed by atoms with E-state index in [0.717, 1.165) is 6.26 Å². The number of para-hydroxylation sites is 1. The van der Waals surface area contributed by atoms with Gasteiger partial charge in [0.15, 0.2) is 15.6 Å². The molecule has 19 heavy (non-hydrogen) atoms. The van der Waals surface area contributed by atoms with Gasteiger partial charge >= 0.3 is 0 Å². The lowest BCUT2D eigenvalue weighted by atomic mass is 10.3. The second kappa shape index (κ2) is 5.22. The number of benzene rings is 2. The van der Waals surface area contributed by atoms with Crippen LogP contribution in [0, 0.1) is 0 Å². The molecular weight excluding hydrogens is 330 g/mol. The summed E-state index contributed by atoms with van der Waals surface area (Å²) < 4.78 is 29.8. The molecule has 6 heteroatoms. The number of hydrogen-bond acceptors (Lipinski definition) is 4. The molecular formula is C13H12BrNO3S. The van der Waals surface area contributed by atoms with Crippen LogP contribution in [-0.2, 0) is 9.84 Å². The van der Waals surface area contributed by atoms with Gasteiger partial charge in [-0.1, -0.05) is 34.1 Å². The first-order valence-electron chi connectivity index (χ1n) is 5.40. The standard InChI is InChI=1S/C13H12BrNO3S/c1-19(16,17)12-8-9(14)7-11(15)13(12)18-10-5-3-2-4-6-10/h2-8H,15H2,1H3. The van der Waals surface area contributed by atoms with E-state index >= 15 is 0 Å². The van der Waals surface area contributed by atoms with Crippen LogP contribution < -0.4 is 10.5 Å². The molecule has 0 saturated heterocycles. The second-order valence-corrected chi connectivity index (χ2v) is 6.91. The summed E-state index contributed by atoms with van der Waals surface area (Å²) in [5.41, 5.74) is 6.11. The highest BCUT2D eigenvalue weighted by atomic mass is 79.9. The van der Waals surface area contributed by atoms with Crippen molar-refractivity contribution < 1.29 is 13.2 Å². The first-order chi connectivity index (χ1) is 8.88. The molecule has 0 bridgehead atoms. The summed E-state index contributed by atoms with van der Waals surface area (Å²) in [7, 11) is -3.43. The number of rotatable bonds is 3. The SMILES string of the molecule is CS(=O)(=O)c1cc(Br)cc(N)c1Oc1ccccc1. The van der Waals surface area contributed by atoms with Gasteiger partial charge in [0, 0.05) is 10.7 Å². The van der Waals surface area contributed by atoms with Gasteiger partial charge in [0.25, 0.3) is 0 Å². The van der Waals surface area contributed by atoms with Crippen LogP contribution in [0.5, 0.6) is 11.5 Å². The molecule has 0 amide bonds. The van der Waals surface area contributed by atoms with Gasteiger partial charge in [-0.25, -0.2) is 8.42 Å². The van der Waals surface area contributed by atoms with Crippen molar-refractivity contribution in [3.63, 3.8) is 0 Å². The molecule has 2 aromatic rings. The predicted octanol–water partition coefficient (Wildman–Crippen LogP) is 3.23. The van der Waals surface area contributed by atoms with E-state index in [1.54, 1.807) is 30.3 Å². The van der Waals surface area contributed by atoms with Crippen LogP contribution in [-0.4, -0.2) is 14.7 Å². The molecule has 0 spiro atoms. The van der Waals surface area contributed by atoms with E-state index in [4.69, 9.17) is 10.5 Å². The highest BCUT2D eigenvalue weighted by Gasteiger charge is 2.19. The molecule has 0 heterocycles. The summed E-state index contributed by atoms with van der Waals surface area (Å²) in [5, 5.41) is 0. The predicted molar refractivity (Wildman–Crippen MR) is 78.2 cm³/mol. The topological polar surface area (TPSA) is 69.4 Å². The number of halogens is 1. The number of ether oxygens (including phenoxy) is 1. The normalized spacial score (nSPS) is 11.3. The minimum Gasteiger partial charge on any atom is -0.454 e. The Kier molecular flexibility index (Phi) is 3.82. The Bertz CT molecular complexity index is 699. The van der Waals surface area contributed by atoms with E-state index in [-0.39, 0.29) is 16.3 Å². The monoisotopic (exact) mass is 341 g/mol. The van der Waals surface area contributed by atoms with E-state index in [0.29, 0.717) is 10.2 Å². The fraction of sp³-hybridized carbons (Fsp3) is 0.0769. The van der Waals surface area contributed by atoms with Gasteiger partial charge in [-0.05, 0) is 24.3 Å². The van der Waals surface area contributed by atoms with Crippen molar-refractivity contribution in [1.29, 1.82) is 0 Å². The third-order valence-corrected chi connectivity index (χ3v) is 3.97. The average molecular weight is 342 g/mol. The number of nitrogen functional groups attached to an aromatic ring is 1. The molecule has 0 fully saturated rings. The summed E-state index contributed by atoms with van der Waals surface area (Å²) >= 11 is 3.23. The Morgan fingerprint density at radius 1 is 1.16 bits per heavy atom. The maximum atomic E-state index is 11.8. The molecule has 0 saturated carbocycles. The molecule has 4 nitrogen and oxygen atoms in total. The van der Waals surface area contributed by atoms with Crippen LogP contribution in [0.4, 0.5) is 5.69 Å². The second-order valence-electron chi connectivity index (χ2n) is 4.01. The third kappa shape index (κ3) is 3.27. The van der Waals surface area contributed by atoms with E-state index in [9.17, 15) is 8.42 Å². The van der Waals surface area contributed by atoms with Crippen LogP contribution >= 0.6 is 15.9 Å². The summed E-state index contributed by atoms with van der Waals surface area (Å²) in [5.74, 6) is 0.679. The van der Waals surface area contributed by atoms with Crippen LogP contribution in [0.2, 0.25) is 0 Å². The lowest BCUT2D eigenvalue weighted by Crippen LogP contribution is -2.03. The lowest BCUT2D eigenvalue weighted by molar-refractivity contribution is 0.470. The Morgan fingerprint density at radius 2 is 1.79 bits per heavy atom. The number of nitrogens with two attached hydrogens (primary N) is 1. The van der Waals surface area contributed by atoms with Crippen LogP contribution in [0.15, 0.2) is 51.8 Å². The van der Waals surface area contributed by atoms with Crippen molar-refractivity contribution in [2.75, 3.05) is 12.0 Å². The lowest BCUT2D eigenvalue weighted by Gasteiger charge is -2.13. The molecule has 100 valence electrons. The molecule has 0 aliphatic heterocycles. The van der Waals surface area contributed by atoms with E-state index < -0.39 is 9.84 Å². The highest BCUT2D eigenvalue weighted by Crippen LogP contribution is 2.36. The quantitative estimate of drug-likeness (QED) is 0.870. The Hall–Kier alpha value is -1.53. The smallest absolute Gasteiger partial charge is 0.179 e. The van der Waals surface area contributed by atoms with Crippen molar-refractivity contribution in [2.45, 2.75) is 4.90 Å². The van der Waals surface area contributed by atoms with Gasteiger partial charge in [0.1, 0.15) is 10.6 Å². The molecule has 2 N–H and O–H groups in total. The summed E-state index contributed by atoms with van der Waals surface area (Å²) in [6.07, 6.45) is 1.12. The van der Waals surface area contributed by atoms with Crippen molar-refractivity contribution in [2.24, 2.45) is 0 Å². The summed E-state index contributed by atoms with van der Waals surface area (Å²) in [6, 6.07) is 12.0. The molecule has 0 aliphatic rings. The molecule has 2 aromatic carbocycles. The van der Waals surface area contributed by atoms with Gasteiger partial charge < -0.3 is 10.5 Å². The number of sulfone groups is 1. The van der Waals surface area contributed by atoms with Crippen LogP contribution in [0.25, 0.3) is 0 Å². The third-order valence-electron chi connectivity index (χ3n) is 2.41. The minimum atomic E-state index is -3.43. The molecule has 0 atom stereocenters. The molecule has 0 radical (unpaired) electrons. The van der Waals surface area contributed by atoms with Crippen molar-refractivity contribution in [3.05, 3.63) is 46.9 Å². The zero-order chi connectivity index (χ0) is 14.0. The highest BCUT2D eigenvalue weighted by molar-refractivity contribution is 9.10. The largest absolute Gasteiger partial charge is 0.454 e. The van der Waals surface area contributed by atoms with Crippen LogP contribution in [0.3, 0.4) is 0 Å². The van der Waals surface area contributed by atoms with E-state index in [1.165, 1.54) is 6.07 Å². The molecule has 0 unspecified atom stereocenters. The molecule has 2 rings (SSSR count). The van der Waals surface area contributed by atoms with Gasteiger partial charge in [0.2, 0.25) is 0 Å². The van der Waals surface area contributed by atoms with Gasteiger partial charge in [-0.15, -0.1) is 0 Å². The fourth-order valence-corrected chi connectivity index (χ4v) is 3.04. The zero-order valence-electron chi connectivity index (χ0n) is 10.1. The Labute approximate surface area is 120 Å². The van der Waals surface area contributed by atoms with Crippen molar-refractivity contribution >= 4 is 31.5 Å². The first-order valence-corrected chi connectivity index (χ1v) is 8.08. The fourth-order valence-electron chi connectivity index (χ4n) is 1.58. The zero-order valence-corrected chi connectivity index (χ0v) is 12.5. The van der Waals surface area contributed by atoms with E-state index in [2.05, 4.69) is 15.9 Å². The van der Waals surface area contributed by atoms with Crippen molar-refractivity contribution in [1.82, 2.24) is 0 Å². The summed E-state index contributed by atoms with van der Waals surface area (Å²) in [4.78, 5) is 0.0585. The number of anilines is 1. The average Bonchev–Trinajstić information content (AvgIpc) is 2.32. The minimum absolute atomic E-state index is 0.0585.